The van der Waals surface area contributed by atoms with Crippen molar-refractivity contribution >= 4 is 17.6 Å². The summed E-state index contributed by atoms with van der Waals surface area (Å²) in [5.41, 5.74) is -0.0321. The maximum Gasteiger partial charge on any atom is 0.346 e. The van der Waals surface area contributed by atoms with E-state index in [1.807, 2.05) is 0 Å². The molecular formula is C15H18N2O6. The third kappa shape index (κ3) is 3.84. The largest absolute Gasteiger partial charge is 0.449 e. The van der Waals surface area contributed by atoms with E-state index < -0.39 is 17.0 Å². The summed E-state index contributed by atoms with van der Waals surface area (Å²) in [7, 11) is 0. The van der Waals surface area contributed by atoms with Crippen molar-refractivity contribution in [2.24, 2.45) is 0 Å². The molecule has 1 aliphatic heterocycles. The van der Waals surface area contributed by atoms with Crippen molar-refractivity contribution in [2.45, 2.75) is 20.0 Å². The third-order valence-corrected chi connectivity index (χ3v) is 3.61. The molecule has 1 fully saturated rings. The fourth-order valence-corrected chi connectivity index (χ4v) is 2.38. The maximum absolute atomic E-state index is 12.3. The number of nitro groups is 1. The van der Waals surface area contributed by atoms with Crippen LogP contribution < -0.4 is 0 Å². The van der Waals surface area contributed by atoms with Crippen LogP contribution in [0.4, 0.5) is 5.69 Å². The lowest BCUT2D eigenvalue weighted by molar-refractivity contribution is -0.385. The van der Waals surface area contributed by atoms with Crippen molar-refractivity contribution in [3.8, 4) is 0 Å². The minimum absolute atomic E-state index is 0.126. The van der Waals surface area contributed by atoms with E-state index in [1.165, 1.54) is 19.1 Å². The molecule has 0 N–H and O–H groups in total. The van der Waals surface area contributed by atoms with E-state index >= 15 is 0 Å². The molecule has 1 heterocycles. The first-order valence-electron chi connectivity index (χ1n) is 7.23. The summed E-state index contributed by atoms with van der Waals surface area (Å²) in [6.07, 6.45) is -1.01. The minimum atomic E-state index is -1.01. The number of esters is 1. The normalized spacial score (nSPS) is 15.8. The summed E-state index contributed by atoms with van der Waals surface area (Å²) >= 11 is 0. The monoisotopic (exact) mass is 322 g/mol. The summed E-state index contributed by atoms with van der Waals surface area (Å²) < 4.78 is 10.3. The Balaban J connectivity index is 2.12. The molecule has 8 nitrogen and oxygen atoms in total. The van der Waals surface area contributed by atoms with E-state index in [0.717, 1.165) is 0 Å². The molecule has 2 rings (SSSR count). The van der Waals surface area contributed by atoms with Crippen LogP contribution in [0.15, 0.2) is 18.2 Å². The van der Waals surface area contributed by atoms with Crippen LogP contribution in [0.3, 0.4) is 0 Å². The Morgan fingerprint density at radius 1 is 1.35 bits per heavy atom. The molecule has 0 bridgehead atoms. The third-order valence-electron chi connectivity index (χ3n) is 3.61. The molecule has 0 aromatic heterocycles. The van der Waals surface area contributed by atoms with Crippen LogP contribution in [0.25, 0.3) is 0 Å². The van der Waals surface area contributed by atoms with Gasteiger partial charge < -0.3 is 14.4 Å². The number of hydrogen-bond acceptors (Lipinski definition) is 6. The van der Waals surface area contributed by atoms with E-state index in [1.54, 1.807) is 17.9 Å². The molecule has 1 aromatic carbocycles. The van der Waals surface area contributed by atoms with Gasteiger partial charge in [0.15, 0.2) is 6.10 Å². The molecule has 0 aliphatic carbocycles. The van der Waals surface area contributed by atoms with E-state index in [4.69, 9.17) is 9.47 Å². The van der Waals surface area contributed by atoms with Crippen LogP contribution in [0.1, 0.15) is 22.8 Å². The number of ether oxygens (including phenoxy) is 2. The zero-order chi connectivity index (χ0) is 17.0. The molecule has 1 unspecified atom stereocenters. The van der Waals surface area contributed by atoms with Crippen molar-refractivity contribution in [3.05, 3.63) is 39.4 Å². The Bertz CT molecular complexity index is 624. The van der Waals surface area contributed by atoms with Crippen LogP contribution in [0, 0.1) is 17.0 Å². The quantitative estimate of drug-likeness (QED) is 0.471. The van der Waals surface area contributed by atoms with Gasteiger partial charge in [0.2, 0.25) is 0 Å². The molecule has 1 atom stereocenters. The van der Waals surface area contributed by atoms with Gasteiger partial charge >= 0.3 is 5.97 Å². The second-order valence-electron chi connectivity index (χ2n) is 5.21. The van der Waals surface area contributed by atoms with Crippen LogP contribution in [0.5, 0.6) is 0 Å². The van der Waals surface area contributed by atoms with Crippen molar-refractivity contribution in [3.63, 3.8) is 0 Å². The highest BCUT2D eigenvalue weighted by Crippen LogP contribution is 2.23. The first-order valence-corrected chi connectivity index (χ1v) is 7.23. The predicted octanol–water partition coefficient (Wildman–Crippen LogP) is 1.31. The highest BCUT2D eigenvalue weighted by atomic mass is 16.6. The number of rotatable bonds is 4. The van der Waals surface area contributed by atoms with Crippen LogP contribution in [0.2, 0.25) is 0 Å². The van der Waals surface area contributed by atoms with E-state index in [-0.39, 0.29) is 17.2 Å². The molecule has 0 radical (unpaired) electrons. The zero-order valence-electron chi connectivity index (χ0n) is 13.0. The van der Waals surface area contributed by atoms with Gasteiger partial charge in [0.25, 0.3) is 11.6 Å². The Hall–Kier alpha value is -2.48. The Morgan fingerprint density at radius 2 is 2.00 bits per heavy atom. The lowest BCUT2D eigenvalue weighted by Crippen LogP contribution is -2.46. The first kappa shape index (κ1) is 16.9. The van der Waals surface area contributed by atoms with Crippen LogP contribution in [-0.2, 0) is 14.3 Å². The molecule has 1 saturated heterocycles. The number of carbonyl (C=O) groups excluding carboxylic acids is 2. The number of amides is 1. The maximum atomic E-state index is 12.3. The zero-order valence-corrected chi connectivity index (χ0v) is 13.0. The van der Waals surface area contributed by atoms with Gasteiger partial charge in [0.05, 0.1) is 18.1 Å². The van der Waals surface area contributed by atoms with E-state index in [0.29, 0.717) is 31.9 Å². The van der Waals surface area contributed by atoms with Crippen molar-refractivity contribution in [1.29, 1.82) is 0 Å². The van der Waals surface area contributed by atoms with Crippen molar-refractivity contribution < 1.29 is 24.0 Å². The molecular weight excluding hydrogens is 304 g/mol. The molecule has 1 aromatic rings. The van der Waals surface area contributed by atoms with Crippen LogP contribution in [-0.4, -0.2) is 54.1 Å². The Morgan fingerprint density at radius 3 is 2.61 bits per heavy atom. The number of aryl methyl sites for hydroxylation is 1. The number of carbonyl (C=O) groups is 2. The van der Waals surface area contributed by atoms with Crippen molar-refractivity contribution in [1.82, 2.24) is 4.90 Å². The molecule has 0 saturated carbocycles. The highest BCUT2D eigenvalue weighted by molar-refractivity contribution is 5.97. The average molecular weight is 322 g/mol. The Labute approximate surface area is 133 Å². The average Bonchev–Trinajstić information content (AvgIpc) is 2.54. The fraction of sp³-hybridized carbons (Fsp3) is 0.467. The van der Waals surface area contributed by atoms with Crippen molar-refractivity contribution in [2.75, 3.05) is 26.3 Å². The van der Waals surface area contributed by atoms with Gasteiger partial charge in [-0.25, -0.2) is 4.79 Å². The van der Waals surface area contributed by atoms with E-state index in [2.05, 4.69) is 0 Å². The summed E-state index contributed by atoms with van der Waals surface area (Å²) in [5.74, 6) is -1.21. The van der Waals surface area contributed by atoms with E-state index in [9.17, 15) is 19.7 Å². The number of nitro benzene ring substituents is 1. The SMILES string of the molecule is Cc1cccc([N+](=O)[O-])c1C(=O)OC(C)C(=O)N1CCOCC1. The molecule has 124 valence electrons. The second kappa shape index (κ2) is 7.19. The standard InChI is InChI=1S/C15H18N2O6/c1-10-4-3-5-12(17(20)21)13(10)15(19)23-11(2)14(18)16-6-8-22-9-7-16/h3-5,11H,6-9H2,1-2H3. The lowest BCUT2D eigenvalue weighted by Gasteiger charge is -2.29. The lowest BCUT2D eigenvalue weighted by atomic mass is 10.1. The van der Waals surface area contributed by atoms with Gasteiger partial charge in [0.1, 0.15) is 5.56 Å². The van der Waals surface area contributed by atoms with Gasteiger partial charge in [-0.3, -0.25) is 14.9 Å². The highest BCUT2D eigenvalue weighted by Gasteiger charge is 2.29. The van der Waals surface area contributed by atoms with Gasteiger partial charge in [-0.1, -0.05) is 12.1 Å². The smallest absolute Gasteiger partial charge is 0.346 e. The topological polar surface area (TPSA) is 99.0 Å². The van der Waals surface area contributed by atoms with Crippen LogP contribution >= 0.6 is 0 Å². The Kier molecular flexibility index (Phi) is 5.28. The molecule has 8 heteroatoms. The summed E-state index contributed by atoms with van der Waals surface area (Å²) in [4.78, 5) is 36.5. The fourth-order valence-electron chi connectivity index (χ4n) is 2.38. The summed E-state index contributed by atoms with van der Waals surface area (Å²) in [5, 5.41) is 11.1. The number of hydrogen-bond donors (Lipinski definition) is 0. The number of nitrogens with zero attached hydrogens (tertiary/aromatic N) is 2. The molecule has 0 spiro atoms. The molecule has 23 heavy (non-hydrogen) atoms. The second-order valence-corrected chi connectivity index (χ2v) is 5.21. The minimum Gasteiger partial charge on any atom is -0.449 e. The van der Waals surface area contributed by atoms with Gasteiger partial charge in [-0.2, -0.15) is 0 Å². The summed E-state index contributed by atoms with van der Waals surface area (Å²) in [6.45, 7) is 4.79. The molecule has 1 amide bonds. The number of benzene rings is 1. The van der Waals surface area contributed by atoms with Gasteiger partial charge in [-0.15, -0.1) is 0 Å². The van der Waals surface area contributed by atoms with Gasteiger partial charge in [-0.05, 0) is 19.4 Å². The summed E-state index contributed by atoms with van der Waals surface area (Å²) in [6, 6.07) is 4.31. The van der Waals surface area contributed by atoms with Gasteiger partial charge in [0, 0.05) is 19.2 Å². The first-order chi connectivity index (χ1) is 10.9. The predicted molar refractivity (Wildman–Crippen MR) is 80.1 cm³/mol. The number of morpholine rings is 1. The molecule has 1 aliphatic rings.